The van der Waals surface area contributed by atoms with Crippen molar-refractivity contribution in [3.63, 3.8) is 0 Å². The van der Waals surface area contributed by atoms with Crippen LogP contribution in [0.4, 0.5) is 9.18 Å². The molecule has 0 aliphatic carbocycles. The molecule has 0 spiro atoms. The first-order chi connectivity index (χ1) is 7.00. The number of urea groups is 1. The molecule has 0 heterocycles. The molecule has 0 saturated heterocycles. The zero-order valence-electron chi connectivity index (χ0n) is 7.38. The van der Waals surface area contributed by atoms with Crippen molar-refractivity contribution in [3.8, 4) is 0 Å². The zero-order chi connectivity index (χ0) is 11.4. The number of rotatable bonds is 1. The van der Waals surface area contributed by atoms with Crippen molar-refractivity contribution in [2.24, 2.45) is 5.73 Å². The predicted octanol–water partition coefficient (Wildman–Crippen LogP) is 0.792. The maximum atomic E-state index is 12.7. The van der Waals surface area contributed by atoms with Crippen molar-refractivity contribution in [2.45, 2.75) is 0 Å². The molecular formula is C8H7ClFN3O2. The molecule has 0 radical (unpaired) electrons. The Hall–Kier alpha value is -1.82. The van der Waals surface area contributed by atoms with Crippen LogP contribution in [0.25, 0.3) is 0 Å². The summed E-state index contributed by atoms with van der Waals surface area (Å²) < 4.78 is 12.7. The highest BCUT2D eigenvalue weighted by Gasteiger charge is 2.08. The summed E-state index contributed by atoms with van der Waals surface area (Å²) in [5.74, 6) is -1.27. The fourth-order valence-corrected chi connectivity index (χ4v) is 1.01. The molecule has 5 nitrogen and oxygen atoms in total. The molecule has 0 fully saturated rings. The molecule has 15 heavy (non-hydrogen) atoms. The van der Waals surface area contributed by atoms with Gasteiger partial charge in [-0.3, -0.25) is 10.2 Å². The molecule has 0 aromatic heterocycles. The molecule has 0 aliphatic heterocycles. The zero-order valence-corrected chi connectivity index (χ0v) is 8.14. The number of benzene rings is 1. The van der Waals surface area contributed by atoms with Crippen molar-refractivity contribution >= 4 is 23.5 Å². The third-order valence-corrected chi connectivity index (χ3v) is 1.77. The van der Waals surface area contributed by atoms with Crippen LogP contribution in [-0.2, 0) is 0 Å². The summed E-state index contributed by atoms with van der Waals surface area (Å²) in [6, 6.07) is 2.49. The van der Waals surface area contributed by atoms with Gasteiger partial charge in [0.1, 0.15) is 5.82 Å². The van der Waals surface area contributed by atoms with Gasteiger partial charge < -0.3 is 5.73 Å². The Kier molecular flexibility index (Phi) is 3.46. The summed E-state index contributed by atoms with van der Waals surface area (Å²) in [6.07, 6.45) is 0. The number of primary amides is 1. The Bertz CT molecular complexity index is 411. The number of hydrazine groups is 1. The molecule has 0 aliphatic rings. The second kappa shape index (κ2) is 4.61. The van der Waals surface area contributed by atoms with Gasteiger partial charge in [0, 0.05) is 5.56 Å². The maximum Gasteiger partial charge on any atom is 0.330 e. The van der Waals surface area contributed by atoms with E-state index in [-0.39, 0.29) is 10.6 Å². The highest BCUT2D eigenvalue weighted by Crippen LogP contribution is 2.15. The number of amides is 3. The van der Waals surface area contributed by atoms with Crippen LogP contribution < -0.4 is 16.6 Å². The standard InChI is InChI=1S/C8H7ClFN3O2/c9-5-3-4(1-2-6(5)10)7(14)12-13-8(11)15/h1-3H,(H,12,14)(H3,11,13,15). The first kappa shape index (κ1) is 11.3. The van der Waals surface area contributed by atoms with Crippen molar-refractivity contribution in [1.82, 2.24) is 10.9 Å². The van der Waals surface area contributed by atoms with Gasteiger partial charge in [-0.1, -0.05) is 11.6 Å². The SMILES string of the molecule is NC(=O)NNC(=O)c1ccc(F)c(Cl)c1. The Labute approximate surface area is 89.4 Å². The van der Waals surface area contributed by atoms with Crippen molar-refractivity contribution in [1.29, 1.82) is 0 Å². The third kappa shape index (κ3) is 3.10. The van der Waals surface area contributed by atoms with Gasteiger partial charge >= 0.3 is 6.03 Å². The van der Waals surface area contributed by atoms with Gasteiger partial charge in [-0.05, 0) is 18.2 Å². The minimum absolute atomic E-state index is 0.107. The van der Waals surface area contributed by atoms with Crippen LogP contribution in [0.15, 0.2) is 18.2 Å². The summed E-state index contributed by atoms with van der Waals surface area (Å²) >= 11 is 5.45. The molecule has 80 valence electrons. The average Bonchev–Trinajstić information content (AvgIpc) is 2.18. The van der Waals surface area contributed by atoms with Crippen LogP contribution in [-0.4, -0.2) is 11.9 Å². The monoisotopic (exact) mass is 231 g/mol. The summed E-state index contributed by atoms with van der Waals surface area (Å²) in [7, 11) is 0. The van der Waals surface area contributed by atoms with Crippen LogP contribution in [0, 0.1) is 5.82 Å². The second-order valence-corrected chi connectivity index (χ2v) is 2.98. The number of nitrogens with two attached hydrogens (primary N) is 1. The van der Waals surface area contributed by atoms with E-state index in [9.17, 15) is 14.0 Å². The van der Waals surface area contributed by atoms with Gasteiger partial charge in [0.15, 0.2) is 0 Å². The smallest absolute Gasteiger partial charge is 0.330 e. The number of carbonyl (C=O) groups excluding carboxylic acids is 2. The maximum absolute atomic E-state index is 12.7. The molecule has 4 N–H and O–H groups in total. The fraction of sp³-hybridized carbons (Fsp3) is 0. The van der Waals surface area contributed by atoms with Crippen LogP contribution in [0.2, 0.25) is 5.02 Å². The van der Waals surface area contributed by atoms with Gasteiger partial charge in [-0.2, -0.15) is 0 Å². The van der Waals surface area contributed by atoms with E-state index >= 15 is 0 Å². The van der Waals surface area contributed by atoms with E-state index in [1.807, 2.05) is 10.9 Å². The van der Waals surface area contributed by atoms with Gasteiger partial charge in [-0.25, -0.2) is 14.6 Å². The van der Waals surface area contributed by atoms with Crippen molar-refractivity contribution in [2.75, 3.05) is 0 Å². The fourth-order valence-electron chi connectivity index (χ4n) is 0.828. The Morgan fingerprint density at radius 2 is 2.00 bits per heavy atom. The Morgan fingerprint density at radius 1 is 1.33 bits per heavy atom. The number of carbonyl (C=O) groups is 2. The van der Waals surface area contributed by atoms with Crippen LogP contribution in [0.3, 0.4) is 0 Å². The molecule has 0 atom stereocenters. The molecule has 1 rings (SSSR count). The number of hydrogen-bond donors (Lipinski definition) is 3. The quantitative estimate of drug-likeness (QED) is 0.625. The minimum Gasteiger partial charge on any atom is -0.350 e. The van der Waals surface area contributed by atoms with Crippen molar-refractivity contribution in [3.05, 3.63) is 34.6 Å². The molecule has 0 bridgehead atoms. The van der Waals surface area contributed by atoms with Crippen LogP contribution in [0.1, 0.15) is 10.4 Å². The predicted molar refractivity (Wildman–Crippen MR) is 51.6 cm³/mol. The number of halogens is 2. The molecule has 3 amide bonds. The van der Waals surface area contributed by atoms with Gasteiger partial charge in [0.25, 0.3) is 5.91 Å². The highest BCUT2D eigenvalue weighted by molar-refractivity contribution is 6.31. The molecule has 0 saturated carbocycles. The molecule has 1 aromatic carbocycles. The molecular weight excluding hydrogens is 225 g/mol. The highest BCUT2D eigenvalue weighted by atomic mass is 35.5. The summed E-state index contributed by atoms with van der Waals surface area (Å²) in [5, 5.41) is -0.179. The summed E-state index contributed by atoms with van der Waals surface area (Å²) in [5.41, 5.74) is 8.71. The second-order valence-electron chi connectivity index (χ2n) is 2.57. The van der Waals surface area contributed by atoms with E-state index in [2.05, 4.69) is 0 Å². The lowest BCUT2D eigenvalue weighted by molar-refractivity contribution is 0.0937. The topological polar surface area (TPSA) is 84.2 Å². The number of nitrogens with one attached hydrogen (secondary N) is 2. The average molecular weight is 232 g/mol. The minimum atomic E-state index is -0.906. The first-order valence-electron chi connectivity index (χ1n) is 3.81. The lowest BCUT2D eigenvalue weighted by atomic mass is 10.2. The van der Waals surface area contributed by atoms with E-state index in [0.29, 0.717) is 0 Å². The van der Waals surface area contributed by atoms with Crippen LogP contribution >= 0.6 is 11.6 Å². The van der Waals surface area contributed by atoms with E-state index in [1.165, 1.54) is 6.07 Å². The molecule has 1 aromatic rings. The summed E-state index contributed by atoms with van der Waals surface area (Å²) in [4.78, 5) is 21.5. The van der Waals surface area contributed by atoms with Crippen LogP contribution in [0.5, 0.6) is 0 Å². The van der Waals surface area contributed by atoms with E-state index in [0.717, 1.165) is 12.1 Å². The lowest BCUT2D eigenvalue weighted by Gasteiger charge is -2.04. The van der Waals surface area contributed by atoms with Gasteiger partial charge in [0.05, 0.1) is 5.02 Å². The van der Waals surface area contributed by atoms with E-state index in [1.54, 1.807) is 0 Å². The third-order valence-electron chi connectivity index (χ3n) is 1.48. The Morgan fingerprint density at radius 3 is 2.53 bits per heavy atom. The van der Waals surface area contributed by atoms with E-state index < -0.39 is 17.8 Å². The summed E-state index contributed by atoms with van der Waals surface area (Å²) in [6.45, 7) is 0. The van der Waals surface area contributed by atoms with Crippen molar-refractivity contribution < 1.29 is 14.0 Å². The number of hydrogen-bond acceptors (Lipinski definition) is 2. The molecule has 0 unspecified atom stereocenters. The Balaban J connectivity index is 2.74. The lowest BCUT2D eigenvalue weighted by Crippen LogP contribution is -2.44. The normalized spacial score (nSPS) is 9.47. The van der Waals surface area contributed by atoms with Gasteiger partial charge in [0.2, 0.25) is 0 Å². The largest absolute Gasteiger partial charge is 0.350 e. The van der Waals surface area contributed by atoms with E-state index in [4.69, 9.17) is 17.3 Å². The van der Waals surface area contributed by atoms with Gasteiger partial charge in [-0.15, -0.1) is 0 Å². The molecule has 7 heteroatoms. The first-order valence-corrected chi connectivity index (χ1v) is 4.19.